The van der Waals surface area contributed by atoms with Gasteiger partial charge >= 0.3 is 0 Å². The van der Waals surface area contributed by atoms with Gasteiger partial charge < -0.3 is 21.6 Å². The Bertz CT molecular complexity index is 251. The molecule has 5 nitrogen and oxygen atoms in total. The molecule has 0 aliphatic carbocycles. The van der Waals surface area contributed by atoms with Crippen LogP contribution in [0.25, 0.3) is 0 Å². The number of rotatable bonds is 3. The molecule has 0 radical (unpaired) electrons. The normalized spacial score (nSPS) is 15.9. The van der Waals surface area contributed by atoms with E-state index in [-0.39, 0.29) is 12.5 Å². The summed E-state index contributed by atoms with van der Waals surface area (Å²) in [6.07, 6.45) is 0.590. The number of nitrogen functional groups attached to an aromatic ring is 1. The molecular weight excluding hydrogens is 180 g/mol. The number of anilines is 1. The first-order chi connectivity index (χ1) is 5.65. The summed E-state index contributed by atoms with van der Waals surface area (Å²) in [5.74, 6) is 0.255. The van der Waals surface area contributed by atoms with Crippen molar-refractivity contribution in [2.45, 2.75) is 11.5 Å². The molecule has 0 aliphatic rings. The van der Waals surface area contributed by atoms with Gasteiger partial charge in [-0.3, -0.25) is 0 Å². The Morgan fingerprint density at radius 2 is 2.42 bits per heavy atom. The predicted molar refractivity (Wildman–Crippen MR) is 46.7 cm³/mol. The van der Waals surface area contributed by atoms with Crippen LogP contribution in [0.2, 0.25) is 0 Å². The van der Waals surface area contributed by atoms with E-state index in [1.54, 1.807) is 0 Å². The van der Waals surface area contributed by atoms with E-state index in [1.165, 1.54) is 6.20 Å². The number of aliphatic hydroxyl groups is 1. The van der Waals surface area contributed by atoms with Crippen LogP contribution in [0.5, 0.6) is 0 Å². The van der Waals surface area contributed by atoms with Gasteiger partial charge in [0.05, 0.1) is 17.3 Å². The summed E-state index contributed by atoms with van der Waals surface area (Å²) in [6.45, 7) is 0.196. The van der Waals surface area contributed by atoms with Gasteiger partial charge in [0.2, 0.25) is 0 Å². The van der Waals surface area contributed by atoms with E-state index in [0.29, 0.717) is 5.69 Å². The Balaban J connectivity index is 2.70. The average molecular weight is 191 g/mol. The molecule has 0 aromatic carbocycles. The van der Waals surface area contributed by atoms with E-state index in [1.807, 2.05) is 0 Å². The molecule has 6 heteroatoms. The number of imidazole rings is 1. The summed E-state index contributed by atoms with van der Waals surface area (Å²) >= 11 is 5.70. The maximum absolute atomic E-state index is 9.46. The van der Waals surface area contributed by atoms with Crippen LogP contribution in [0, 0.1) is 0 Å². The summed E-state index contributed by atoms with van der Waals surface area (Å²) < 4.78 is 0. The van der Waals surface area contributed by atoms with Crippen LogP contribution in [0.4, 0.5) is 5.95 Å². The van der Waals surface area contributed by atoms with Crippen LogP contribution >= 0.6 is 11.6 Å². The number of alkyl halides is 1. The number of hydrogen-bond acceptors (Lipinski definition) is 4. The summed E-state index contributed by atoms with van der Waals surface area (Å²) in [5, 5.41) is 8.94. The zero-order valence-corrected chi connectivity index (χ0v) is 7.12. The van der Waals surface area contributed by atoms with Gasteiger partial charge in [0, 0.05) is 6.54 Å². The first-order valence-corrected chi connectivity index (χ1v) is 3.91. The zero-order valence-electron chi connectivity index (χ0n) is 6.37. The highest BCUT2D eigenvalue weighted by Crippen LogP contribution is 2.18. The molecule has 1 aromatic heterocycles. The number of H-pyrrole nitrogens is 1. The molecule has 0 saturated carbocycles. The number of hydrogen-bond donors (Lipinski definition) is 4. The molecule has 0 aliphatic heterocycles. The Morgan fingerprint density at radius 1 is 1.75 bits per heavy atom. The third-order valence-electron chi connectivity index (χ3n) is 1.50. The van der Waals surface area contributed by atoms with Gasteiger partial charge in [-0.1, -0.05) is 0 Å². The largest absolute Gasteiger partial charge is 0.385 e. The lowest BCUT2D eigenvalue weighted by Gasteiger charge is -2.12. The molecule has 1 heterocycles. The molecule has 6 N–H and O–H groups in total. The lowest BCUT2D eigenvalue weighted by atomic mass is 10.2. The number of nitrogens with two attached hydrogens (primary N) is 2. The SMILES string of the molecule is NC[C@@H](Cl)[C@H](O)c1cnc(N)[nH]1. The van der Waals surface area contributed by atoms with Crippen LogP contribution in [-0.2, 0) is 0 Å². The fourth-order valence-corrected chi connectivity index (χ4v) is 0.961. The van der Waals surface area contributed by atoms with Crippen molar-refractivity contribution in [3.05, 3.63) is 11.9 Å². The highest BCUT2D eigenvalue weighted by atomic mass is 35.5. The first-order valence-electron chi connectivity index (χ1n) is 3.47. The Morgan fingerprint density at radius 3 is 2.83 bits per heavy atom. The van der Waals surface area contributed by atoms with Crippen LogP contribution in [0.3, 0.4) is 0 Å². The molecule has 12 heavy (non-hydrogen) atoms. The molecule has 0 bridgehead atoms. The average Bonchev–Trinajstić information content (AvgIpc) is 2.49. The van der Waals surface area contributed by atoms with Gasteiger partial charge in [-0.15, -0.1) is 11.6 Å². The van der Waals surface area contributed by atoms with E-state index >= 15 is 0 Å². The minimum atomic E-state index is -0.846. The van der Waals surface area contributed by atoms with E-state index in [9.17, 15) is 5.11 Å². The maximum Gasteiger partial charge on any atom is 0.197 e. The third-order valence-corrected chi connectivity index (χ3v) is 1.92. The molecular formula is C6H11ClN4O. The molecule has 0 saturated heterocycles. The second-order valence-corrected chi connectivity index (χ2v) is 2.98. The van der Waals surface area contributed by atoms with E-state index in [0.717, 1.165) is 0 Å². The quantitative estimate of drug-likeness (QED) is 0.487. The standard InChI is InChI=1S/C6H11ClN4O/c7-3(1-8)5(12)4-2-10-6(9)11-4/h2-3,5,12H,1,8H2,(H3,9,10,11)/t3-,5+/m1/s1. The second kappa shape index (κ2) is 3.75. The van der Waals surface area contributed by atoms with Crippen molar-refractivity contribution in [3.63, 3.8) is 0 Å². The second-order valence-electron chi connectivity index (χ2n) is 2.42. The summed E-state index contributed by atoms with van der Waals surface area (Å²) in [5.41, 5.74) is 11.0. The Labute approximate surface area is 74.7 Å². The number of aliphatic hydroxyl groups excluding tert-OH is 1. The summed E-state index contributed by atoms with van der Waals surface area (Å²) in [4.78, 5) is 6.38. The number of nitrogens with one attached hydrogen (secondary N) is 1. The molecule has 0 unspecified atom stereocenters. The number of nitrogens with zero attached hydrogens (tertiary/aromatic N) is 1. The Hall–Kier alpha value is -0.780. The fraction of sp³-hybridized carbons (Fsp3) is 0.500. The monoisotopic (exact) mass is 190 g/mol. The number of halogens is 1. The molecule has 0 spiro atoms. The topological polar surface area (TPSA) is 101 Å². The predicted octanol–water partition coefficient (Wildman–Crippen LogP) is -0.409. The lowest BCUT2D eigenvalue weighted by Crippen LogP contribution is -2.22. The van der Waals surface area contributed by atoms with Crippen molar-refractivity contribution in [2.75, 3.05) is 12.3 Å². The smallest absolute Gasteiger partial charge is 0.197 e. The number of aromatic amines is 1. The van der Waals surface area contributed by atoms with Crippen molar-refractivity contribution in [2.24, 2.45) is 5.73 Å². The van der Waals surface area contributed by atoms with Gasteiger partial charge in [-0.2, -0.15) is 0 Å². The van der Waals surface area contributed by atoms with Crippen molar-refractivity contribution in [1.82, 2.24) is 9.97 Å². The van der Waals surface area contributed by atoms with Crippen LogP contribution < -0.4 is 11.5 Å². The zero-order chi connectivity index (χ0) is 9.14. The highest BCUT2D eigenvalue weighted by molar-refractivity contribution is 6.21. The maximum atomic E-state index is 9.46. The van der Waals surface area contributed by atoms with E-state index < -0.39 is 11.5 Å². The van der Waals surface area contributed by atoms with Gasteiger partial charge in [0.15, 0.2) is 5.95 Å². The first kappa shape index (κ1) is 9.31. The van der Waals surface area contributed by atoms with Gasteiger partial charge in [0.1, 0.15) is 6.10 Å². The highest BCUT2D eigenvalue weighted by Gasteiger charge is 2.18. The third kappa shape index (κ3) is 1.88. The van der Waals surface area contributed by atoms with Gasteiger partial charge in [0.25, 0.3) is 0 Å². The molecule has 0 amide bonds. The molecule has 0 fully saturated rings. The minimum absolute atomic E-state index is 0.196. The van der Waals surface area contributed by atoms with Crippen molar-refractivity contribution in [3.8, 4) is 0 Å². The van der Waals surface area contributed by atoms with Crippen molar-refractivity contribution in [1.29, 1.82) is 0 Å². The van der Waals surface area contributed by atoms with Gasteiger partial charge in [-0.25, -0.2) is 4.98 Å². The lowest BCUT2D eigenvalue weighted by molar-refractivity contribution is 0.170. The minimum Gasteiger partial charge on any atom is -0.385 e. The number of aromatic nitrogens is 2. The van der Waals surface area contributed by atoms with Crippen LogP contribution in [0.1, 0.15) is 11.8 Å². The van der Waals surface area contributed by atoms with Crippen molar-refractivity contribution >= 4 is 17.5 Å². The molecule has 68 valence electrons. The van der Waals surface area contributed by atoms with E-state index in [2.05, 4.69) is 9.97 Å². The molecule has 1 aromatic rings. The van der Waals surface area contributed by atoms with E-state index in [4.69, 9.17) is 23.1 Å². The summed E-state index contributed by atoms with van der Waals surface area (Å²) in [6, 6.07) is 0. The van der Waals surface area contributed by atoms with Crippen LogP contribution in [0.15, 0.2) is 6.20 Å². The van der Waals surface area contributed by atoms with Crippen LogP contribution in [-0.4, -0.2) is 27.0 Å². The fourth-order valence-electron chi connectivity index (χ4n) is 0.826. The van der Waals surface area contributed by atoms with Crippen molar-refractivity contribution < 1.29 is 5.11 Å². The molecule has 2 atom stereocenters. The molecule has 1 rings (SSSR count). The Kier molecular flexibility index (Phi) is 2.91. The summed E-state index contributed by atoms with van der Waals surface area (Å²) in [7, 11) is 0. The van der Waals surface area contributed by atoms with Gasteiger partial charge in [-0.05, 0) is 0 Å².